The van der Waals surface area contributed by atoms with Crippen LogP contribution in [0.3, 0.4) is 0 Å². The molecule has 6 heteroatoms. The van der Waals surface area contributed by atoms with Crippen molar-refractivity contribution in [1.82, 2.24) is 10.6 Å². The van der Waals surface area contributed by atoms with E-state index in [-0.39, 0.29) is 11.8 Å². The molecule has 2 N–H and O–H groups in total. The molecule has 0 spiro atoms. The fourth-order valence-electron chi connectivity index (χ4n) is 2.50. The monoisotopic (exact) mass is 352 g/mol. The van der Waals surface area contributed by atoms with Crippen LogP contribution in [-0.2, 0) is 13.1 Å². The zero-order valence-electron chi connectivity index (χ0n) is 14.7. The lowest BCUT2D eigenvalue weighted by Crippen LogP contribution is -2.23. The number of amides is 2. The van der Waals surface area contributed by atoms with Crippen molar-refractivity contribution in [1.29, 1.82) is 0 Å². The van der Waals surface area contributed by atoms with Crippen molar-refractivity contribution in [2.45, 2.75) is 26.9 Å². The summed E-state index contributed by atoms with van der Waals surface area (Å²) >= 11 is 0. The van der Waals surface area contributed by atoms with Crippen LogP contribution in [0.2, 0.25) is 0 Å². The van der Waals surface area contributed by atoms with Gasteiger partial charge in [-0.3, -0.25) is 9.59 Å². The van der Waals surface area contributed by atoms with Gasteiger partial charge in [0.2, 0.25) is 0 Å². The van der Waals surface area contributed by atoms with E-state index in [0.29, 0.717) is 36.1 Å². The molecule has 0 bridgehead atoms. The second-order valence-electron chi connectivity index (χ2n) is 6.01. The molecule has 6 nitrogen and oxygen atoms in total. The van der Waals surface area contributed by atoms with Gasteiger partial charge in [-0.15, -0.1) is 0 Å². The number of hydrogen-bond acceptors (Lipinski definition) is 4. The molecule has 1 aromatic carbocycles. The van der Waals surface area contributed by atoms with Gasteiger partial charge in [0, 0.05) is 13.1 Å². The first-order chi connectivity index (χ1) is 12.5. The van der Waals surface area contributed by atoms with E-state index >= 15 is 0 Å². The molecule has 3 aromatic rings. The lowest BCUT2D eigenvalue weighted by atomic mass is 10.1. The molecule has 0 radical (unpaired) electrons. The molecule has 2 heterocycles. The summed E-state index contributed by atoms with van der Waals surface area (Å²) in [4.78, 5) is 24.0. The number of carbonyl (C=O) groups excluding carboxylic acids is 2. The van der Waals surface area contributed by atoms with Gasteiger partial charge >= 0.3 is 0 Å². The first-order valence-corrected chi connectivity index (χ1v) is 8.28. The average Bonchev–Trinajstić information content (AvgIpc) is 3.26. The SMILES string of the molecule is Cc1ccc(C(=O)NCc2cccc(CNC(=O)c3ccc(C)o3)c2)o1. The Bertz CT molecular complexity index is 852. The highest BCUT2D eigenvalue weighted by Crippen LogP contribution is 2.09. The van der Waals surface area contributed by atoms with Crippen molar-refractivity contribution in [3.8, 4) is 0 Å². The topological polar surface area (TPSA) is 84.5 Å². The van der Waals surface area contributed by atoms with Crippen molar-refractivity contribution in [2.24, 2.45) is 0 Å². The van der Waals surface area contributed by atoms with Crippen LogP contribution in [0, 0.1) is 13.8 Å². The summed E-state index contributed by atoms with van der Waals surface area (Å²) in [6, 6.07) is 14.4. The van der Waals surface area contributed by atoms with Crippen LogP contribution in [0.1, 0.15) is 43.8 Å². The average molecular weight is 352 g/mol. The highest BCUT2D eigenvalue weighted by molar-refractivity contribution is 5.91. The second-order valence-corrected chi connectivity index (χ2v) is 6.01. The summed E-state index contributed by atoms with van der Waals surface area (Å²) in [6.45, 7) is 4.33. The van der Waals surface area contributed by atoms with Crippen molar-refractivity contribution < 1.29 is 18.4 Å². The molecule has 0 aliphatic rings. The van der Waals surface area contributed by atoms with Gasteiger partial charge in [-0.05, 0) is 49.2 Å². The molecule has 0 atom stereocenters. The zero-order chi connectivity index (χ0) is 18.5. The summed E-state index contributed by atoms with van der Waals surface area (Å²) in [5.74, 6) is 1.45. The second kappa shape index (κ2) is 7.74. The fourth-order valence-corrected chi connectivity index (χ4v) is 2.50. The molecule has 0 aliphatic carbocycles. The third-order valence-corrected chi connectivity index (χ3v) is 3.83. The number of hydrogen-bond donors (Lipinski definition) is 2. The van der Waals surface area contributed by atoms with E-state index in [1.807, 2.05) is 24.3 Å². The number of rotatable bonds is 6. The van der Waals surface area contributed by atoms with Crippen molar-refractivity contribution >= 4 is 11.8 Å². The predicted octanol–water partition coefficient (Wildman–Crippen LogP) is 3.35. The van der Waals surface area contributed by atoms with Gasteiger partial charge in [-0.25, -0.2) is 0 Å². The van der Waals surface area contributed by atoms with Crippen LogP contribution in [-0.4, -0.2) is 11.8 Å². The Morgan fingerprint density at radius 2 is 1.23 bits per heavy atom. The standard InChI is InChI=1S/C20H20N2O4/c1-13-6-8-17(25-13)19(23)21-11-15-4-3-5-16(10-15)12-22-20(24)18-9-7-14(2)26-18/h3-10H,11-12H2,1-2H3,(H,21,23)(H,22,24). The molecule has 134 valence electrons. The maximum atomic E-state index is 12.0. The minimum atomic E-state index is -0.259. The summed E-state index contributed by atoms with van der Waals surface area (Å²) in [7, 11) is 0. The summed E-state index contributed by atoms with van der Waals surface area (Å²) < 4.78 is 10.6. The minimum Gasteiger partial charge on any atom is -0.456 e. The van der Waals surface area contributed by atoms with Gasteiger partial charge < -0.3 is 19.5 Å². The van der Waals surface area contributed by atoms with Gasteiger partial charge in [0.15, 0.2) is 11.5 Å². The lowest BCUT2D eigenvalue weighted by Gasteiger charge is -2.07. The van der Waals surface area contributed by atoms with Gasteiger partial charge in [0.25, 0.3) is 11.8 Å². The minimum absolute atomic E-state index is 0.259. The number of aryl methyl sites for hydroxylation is 2. The first-order valence-electron chi connectivity index (χ1n) is 8.28. The highest BCUT2D eigenvalue weighted by Gasteiger charge is 2.11. The number of furan rings is 2. The molecule has 0 aliphatic heterocycles. The predicted molar refractivity (Wildman–Crippen MR) is 95.7 cm³/mol. The highest BCUT2D eigenvalue weighted by atomic mass is 16.4. The normalized spacial score (nSPS) is 10.5. The van der Waals surface area contributed by atoms with Crippen LogP contribution in [0.15, 0.2) is 57.4 Å². The van der Waals surface area contributed by atoms with E-state index < -0.39 is 0 Å². The Kier molecular flexibility index (Phi) is 5.22. The zero-order valence-corrected chi connectivity index (χ0v) is 14.7. The number of benzene rings is 1. The number of nitrogens with one attached hydrogen (secondary N) is 2. The Hall–Kier alpha value is -3.28. The van der Waals surface area contributed by atoms with Crippen LogP contribution in [0.25, 0.3) is 0 Å². The first kappa shape index (κ1) is 17.5. The van der Waals surface area contributed by atoms with E-state index in [0.717, 1.165) is 11.1 Å². The maximum absolute atomic E-state index is 12.0. The molecule has 0 fully saturated rings. The maximum Gasteiger partial charge on any atom is 0.287 e. The van der Waals surface area contributed by atoms with E-state index in [1.165, 1.54) is 0 Å². The van der Waals surface area contributed by atoms with Crippen LogP contribution >= 0.6 is 0 Å². The van der Waals surface area contributed by atoms with Crippen LogP contribution in [0.5, 0.6) is 0 Å². The Labute approximate surface area is 151 Å². The molecule has 0 saturated heterocycles. The van der Waals surface area contributed by atoms with E-state index in [2.05, 4.69) is 10.6 Å². The largest absolute Gasteiger partial charge is 0.456 e. The van der Waals surface area contributed by atoms with Gasteiger partial charge in [-0.1, -0.05) is 24.3 Å². The van der Waals surface area contributed by atoms with Crippen molar-refractivity contribution in [3.05, 3.63) is 82.7 Å². The Morgan fingerprint density at radius 1 is 0.769 bits per heavy atom. The van der Waals surface area contributed by atoms with Crippen molar-refractivity contribution in [2.75, 3.05) is 0 Å². The smallest absolute Gasteiger partial charge is 0.287 e. The fraction of sp³-hybridized carbons (Fsp3) is 0.200. The van der Waals surface area contributed by atoms with Gasteiger partial charge in [0.05, 0.1) is 0 Å². The van der Waals surface area contributed by atoms with E-state index in [1.54, 1.807) is 38.1 Å². The quantitative estimate of drug-likeness (QED) is 0.712. The molecule has 2 aromatic heterocycles. The molecule has 26 heavy (non-hydrogen) atoms. The molecule has 3 rings (SSSR count). The summed E-state index contributed by atoms with van der Waals surface area (Å²) in [5.41, 5.74) is 1.87. The van der Waals surface area contributed by atoms with Gasteiger partial charge in [-0.2, -0.15) is 0 Å². The molecule has 0 unspecified atom stereocenters. The van der Waals surface area contributed by atoms with Crippen LogP contribution < -0.4 is 10.6 Å². The molecular formula is C20H20N2O4. The van der Waals surface area contributed by atoms with Gasteiger partial charge in [0.1, 0.15) is 11.5 Å². The summed E-state index contributed by atoms with van der Waals surface area (Å²) in [5, 5.41) is 5.63. The lowest BCUT2D eigenvalue weighted by molar-refractivity contribution is 0.0915. The van der Waals surface area contributed by atoms with E-state index in [9.17, 15) is 9.59 Å². The number of carbonyl (C=O) groups is 2. The Morgan fingerprint density at radius 3 is 1.62 bits per heavy atom. The summed E-state index contributed by atoms with van der Waals surface area (Å²) in [6.07, 6.45) is 0. The molecule has 2 amide bonds. The van der Waals surface area contributed by atoms with E-state index in [4.69, 9.17) is 8.83 Å². The third-order valence-electron chi connectivity index (χ3n) is 3.83. The molecular weight excluding hydrogens is 332 g/mol. The Balaban J connectivity index is 1.54. The molecule has 0 saturated carbocycles. The third kappa shape index (κ3) is 4.42. The van der Waals surface area contributed by atoms with Crippen molar-refractivity contribution in [3.63, 3.8) is 0 Å². The van der Waals surface area contributed by atoms with Crippen LogP contribution in [0.4, 0.5) is 0 Å².